The first-order chi connectivity index (χ1) is 9.43. The molecule has 0 fully saturated rings. The average molecular weight is 245 g/mol. The van der Waals surface area contributed by atoms with Gasteiger partial charge in [0.25, 0.3) is 0 Å². The summed E-state index contributed by atoms with van der Waals surface area (Å²) in [5.41, 5.74) is 4.38. The van der Waals surface area contributed by atoms with Crippen molar-refractivity contribution in [2.45, 2.75) is 0 Å². The SMILES string of the molecule is c1cnc2c(-c3cccc4[nH]ncc34)cccc2c1. The molecule has 3 nitrogen and oxygen atoms in total. The fraction of sp³-hybridized carbons (Fsp3) is 0. The van der Waals surface area contributed by atoms with Crippen molar-refractivity contribution in [1.82, 2.24) is 15.2 Å². The number of fused-ring (bicyclic) bond motifs is 2. The minimum atomic E-state index is 1.03. The van der Waals surface area contributed by atoms with E-state index in [1.54, 1.807) is 0 Å². The summed E-state index contributed by atoms with van der Waals surface area (Å²) in [7, 11) is 0. The van der Waals surface area contributed by atoms with Gasteiger partial charge in [-0.15, -0.1) is 0 Å². The second-order valence-corrected chi connectivity index (χ2v) is 4.52. The van der Waals surface area contributed by atoms with E-state index in [0.717, 1.165) is 32.9 Å². The van der Waals surface area contributed by atoms with Crippen LogP contribution in [0.5, 0.6) is 0 Å². The largest absolute Gasteiger partial charge is 0.278 e. The number of pyridine rings is 1. The van der Waals surface area contributed by atoms with Crippen molar-refractivity contribution in [2.24, 2.45) is 0 Å². The number of rotatable bonds is 1. The maximum atomic E-state index is 4.52. The van der Waals surface area contributed by atoms with Crippen molar-refractivity contribution in [1.29, 1.82) is 0 Å². The van der Waals surface area contributed by atoms with E-state index in [4.69, 9.17) is 0 Å². The monoisotopic (exact) mass is 245 g/mol. The van der Waals surface area contributed by atoms with Gasteiger partial charge in [-0.2, -0.15) is 5.10 Å². The lowest BCUT2D eigenvalue weighted by Gasteiger charge is -2.06. The number of benzene rings is 2. The van der Waals surface area contributed by atoms with Gasteiger partial charge in [0.15, 0.2) is 0 Å². The van der Waals surface area contributed by atoms with Crippen LogP contribution in [0.2, 0.25) is 0 Å². The third kappa shape index (κ3) is 1.52. The Morgan fingerprint density at radius 1 is 0.842 bits per heavy atom. The maximum Gasteiger partial charge on any atom is 0.0780 e. The molecule has 0 atom stereocenters. The molecule has 0 bridgehead atoms. The minimum Gasteiger partial charge on any atom is -0.278 e. The number of hydrogen-bond acceptors (Lipinski definition) is 2. The molecule has 2 heterocycles. The summed E-state index contributed by atoms with van der Waals surface area (Å²) in [4.78, 5) is 4.52. The van der Waals surface area contributed by atoms with Crippen molar-refractivity contribution in [3.05, 3.63) is 60.9 Å². The highest BCUT2D eigenvalue weighted by Crippen LogP contribution is 2.31. The van der Waals surface area contributed by atoms with Crippen molar-refractivity contribution in [3.8, 4) is 11.1 Å². The zero-order valence-corrected chi connectivity index (χ0v) is 10.2. The summed E-state index contributed by atoms with van der Waals surface area (Å²) < 4.78 is 0. The van der Waals surface area contributed by atoms with Crippen molar-refractivity contribution in [2.75, 3.05) is 0 Å². The third-order valence-electron chi connectivity index (χ3n) is 3.41. The molecular formula is C16H11N3. The topological polar surface area (TPSA) is 41.6 Å². The van der Waals surface area contributed by atoms with E-state index in [9.17, 15) is 0 Å². The van der Waals surface area contributed by atoms with E-state index in [-0.39, 0.29) is 0 Å². The van der Waals surface area contributed by atoms with Crippen LogP contribution in [0.15, 0.2) is 60.9 Å². The Hall–Kier alpha value is -2.68. The molecule has 90 valence electrons. The van der Waals surface area contributed by atoms with Crippen LogP contribution < -0.4 is 0 Å². The molecule has 4 aromatic rings. The summed E-state index contributed by atoms with van der Waals surface area (Å²) >= 11 is 0. The van der Waals surface area contributed by atoms with Crippen LogP contribution >= 0.6 is 0 Å². The predicted octanol–water partition coefficient (Wildman–Crippen LogP) is 3.78. The Balaban J connectivity index is 2.12. The van der Waals surface area contributed by atoms with E-state index in [2.05, 4.69) is 45.5 Å². The van der Waals surface area contributed by atoms with Crippen LogP contribution in [0.3, 0.4) is 0 Å². The second-order valence-electron chi connectivity index (χ2n) is 4.52. The number of aromatic nitrogens is 3. The molecule has 0 aliphatic heterocycles. The molecule has 0 spiro atoms. The van der Waals surface area contributed by atoms with Gasteiger partial charge >= 0.3 is 0 Å². The molecular weight excluding hydrogens is 234 g/mol. The molecule has 19 heavy (non-hydrogen) atoms. The second kappa shape index (κ2) is 3.92. The summed E-state index contributed by atoms with van der Waals surface area (Å²) in [5, 5.41) is 9.41. The normalized spacial score (nSPS) is 11.2. The molecule has 3 heteroatoms. The highest BCUT2D eigenvalue weighted by molar-refractivity contribution is 6.02. The summed E-state index contributed by atoms with van der Waals surface area (Å²) in [6, 6.07) is 16.5. The summed E-state index contributed by atoms with van der Waals surface area (Å²) in [6.07, 6.45) is 3.70. The predicted molar refractivity (Wildman–Crippen MR) is 76.8 cm³/mol. The van der Waals surface area contributed by atoms with Gasteiger partial charge in [0, 0.05) is 22.5 Å². The fourth-order valence-electron chi connectivity index (χ4n) is 2.52. The first-order valence-electron chi connectivity index (χ1n) is 6.20. The zero-order chi connectivity index (χ0) is 12.7. The van der Waals surface area contributed by atoms with Crippen LogP contribution in [-0.2, 0) is 0 Å². The Morgan fingerprint density at radius 3 is 2.68 bits per heavy atom. The Kier molecular flexibility index (Phi) is 2.12. The van der Waals surface area contributed by atoms with Crippen LogP contribution in [0, 0.1) is 0 Å². The smallest absolute Gasteiger partial charge is 0.0780 e. The summed E-state index contributed by atoms with van der Waals surface area (Å²) in [6.45, 7) is 0. The van der Waals surface area contributed by atoms with Crippen molar-refractivity contribution in [3.63, 3.8) is 0 Å². The lowest BCUT2D eigenvalue weighted by molar-refractivity contribution is 1.12. The van der Waals surface area contributed by atoms with Crippen LogP contribution in [0.1, 0.15) is 0 Å². The highest BCUT2D eigenvalue weighted by Gasteiger charge is 2.08. The van der Waals surface area contributed by atoms with Gasteiger partial charge in [-0.05, 0) is 17.7 Å². The maximum absolute atomic E-state index is 4.52. The van der Waals surface area contributed by atoms with Gasteiger partial charge in [0.2, 0.25) is 0 Å². The zero-order valence-electron chi connectivity index (χ0n) is 10.2. The van der Waals surface area contributed by atoms with E-state index in [1.165, 1.54) is 0 Å². The van der Waals surface area contributed by atoms with E-state index < -0.39 is 0 Å². The molecule has 0 amide bonds. The molecule has 0 saturated heterocycles. The number of nitrogens with zero attached hydrogens (tertiary/aromatic N) is 2. The molecule has 2 aromatic carbocycles. The number of aromatic amines is 1. The Bertz CT molecular complexity index is 872. The molecule has 1 N–H and O–H groups in total. The molecule has 0 radical (unpaired) electrons. The molecule has 0 unspecified atom stereocenters. The number of nitrogens with one attached hydrogen (secondary N) is 1. The number of para-hydroxylation sites is 1. The molecule has 0 aliphatic rings. The van der Waals surface area contributed by atoms with Gasteiger partial charge < -0.3 is 0 Å². The van der Waals surface area contributed by atoms with Gasteiger partial charge in [-0.3, -0.25) is 10.1 Å². The third-order valence-corrected chi connectivity index (χ3v) is 3.41. The highest BCUT2D eigenvalue weighted by atomic mass is 15.1. The molecule has 2 aromatic heterocycles. The summed E-state index contributed by atoms with van der Waals surface area (Å²) in [5.74, 6) is 0. The average Bonchev–Trinajstić information content (AvgIpc) is 2.95. The Morgan fingerprint density at radius 2 is 1.68 bits per heavy atom. The molecule has 0 aliphatic carbocycles. The van der Waals surface area contributed by atoms with Crippen molar-refractivity contribution < 1.29 is 0 Å². The quantitative estimate of drug-likeness (QED) is 0.554. The first-order valence-corrected chi connectivity index (χ1v) is 6.20. The standard InChI is InChI=1S/C16H11N3/c1-4-11-5-3-9-17-16(11)13(7-1)12-6-2-8-15-14(12)10-18-19-15/h1-10H,(H,18,19). The number of hydrogen-bond donors (Lipinski definition) is 1. The van der Waals surface area contributed by atoms with E-state index in [1.807, 2.05) is 30.6 Å². The first kappa shape index (κ1) is 10.3. The van der Waals surface area contributed by atoms with Crippen LogP contribution in [0.25, 0.3) is 32.9 Å². The number of H-pyrrole nitrogens is 1. The van der Waals surface area contributed by atoms with Crippen LogP contribution in [0.4, 0.5) is 0 Å². The minimum absolute atomic E-state index is 1.03. The lowest BCUT2D eigenvalue weighted by atomic mass is 9.99. The fourth-order valence-corrected chi connectivity index (χ4v) is 2.52. The van der Waals surface area contributed by atoms with Gasteiger partial charge in [0.05, 0.1) is 17.2 Å². The lowest BCUT2D eigenvalue weighted by Crippen LogP contribution is -1.85. The Labute approximate surface area is 109 Å². The van der Waals surface area contributed by atoms with Gasteiger partial charge in [-0.25, -0.2) is 0 Å². The van der Waals surface area contributed by atoms with Crippen LogP contribution in [-0.4, -0.2) is 15.2 Å². The van der Waals surface area contributed by atoms with Gasteiger partial charge in [-0.1, -0.05) is 36.4 Å². The molecule has 4 rings (SSSR count). The van der Waals surface area contributed by atoms with Crippen molar-refractivity contribution >= 4 is 21.8 Å². The van der Waals surface area contributed by atoms with E-state index in [0.29, 0.717) is 0 Å². The van der Waals surface area contributed by atoms with Gasteiger partial charge in [0.1, 0.15) is 0 Å². The van der Waals surface area contributed by atoms with E-state index >= 15 is 0 Å². The molecule has 0 saturated carbocycles.